The smallest absolute Gasteiger partial charge is 0.325 e. The average molecular weight is 260 g/mol. The van der Waals surface area contributed by atoms with Gasteiger partial charge in [0.1, 0.15) is 9.88 Å². The Morgan fingerprint density at radius 2 is 2.44 bits per heavy atom. The van der Waals surface area contributed by atoms with Crippen molar-refractivity contribution in [2.45, 2.75) is 30.1 Å². The molecule has 0 aliphatic heterocycles. The molecule has 16 heavy (non-hydrogen) atoms. The van der Waals surface area contributed by atoms with Crippen molar-refractivity contribution in [3.05, 3.63) is 11.1 Å². The molecule has 0 spiro atoms. The summed E-state index contributed by atoms with van der Waals surface area (Å²) in [6, 6.07) is 0. The Labute approximate surface area is 104 Å². The second-order valence-electron chi connectivity index (χ2n) is 3.76. The molecule has 0 saturated carbocycles. The number of rotatable bonds is 5. The summed E-state index contributed by atoms with van der Waals surface area (Å²) in [5.74, 6) is 0.387. The molecule has 0 saturated heterocycles. The van der Waals surface area contributed by atoms with Crippen LogP contribution in [-0.2, 0) is 9.53 Å². The van der Waals surface area contributed by atoms with Crippen LogP contribution in [0.1, 0.15) is 19.0 Å². The zero-order valence-electron chi connectivity index (χ0n) is 9.65. The van der Waals surface area contributed by atoms with Crippen molar-refractivity contribution >= 4 is 29.1 Å². The lowest BCUT2D eigenvalue weighted by molar-refractivity contribution is -0.146. The molecule has 0 bridgehead atoms. The summed E-state index contributed by atoms with van der Waals surface area (Å²) >= 11 is 3.22. The fourth-order valence-electron chi connectivity index (χ4n) is 1.08. The molecule has 0 aliphatic rings. The highest BCUT2D eigenvalue weighted by molar-refractivity contribution is 8.01. The Morgan fingerprint density at radius 1 is 1.75 bits per heavy atom. The molecule has 2 N–H and O–H groups in total. The fourth-order valence-corrected chi connectivity index (χ4v) is 3.18. The van der Waals surface area contributed by atoms with Crippen molar-refractivity contribution in [3.8, 4) is 0 Å². The minimum atomic E-state index is -0.909. The van der Waals surface area contributed by atoms with E-state index in [1.54, 1.807) is 30.0 Å². The van der Waals surface area contributed by atoms with E-state index in [1.165, 1.54) is 7.11 Å². The first kappa shape index (κ1) is 13.5. The summed E-state index contributed by atoms with van der Waals surface area (Å²) in [4.78, 5) is 15.6. The summed E-state index contributed by atoms with van der Waals surface area (Å²) in [5, 5.41) is 2.00. The molecule has 0 radical (unpaired) electrons. The largest absolute Gasteiger partial charge is 0.468 e. The van der Waals surface area contributed by atoms with Gasteiger partial charge in [0, 0.05) is 16.8 Å². The Morgan fingerprint density at radius 3 is 2.94 bits per heavy atom. The topological polar surface area (TPSA) is 65.2 Å². The number of hydrogen-bond acceptors (Lipinski definition) is 6. The summed E-state index contributed by atoms with van der Waals surface area (Å²) in [6.07, 6.45) is 0.572. The van der Waals surface area contributed by atoms with Crippen LogP contribution in [0.3, 0.4) is 0 Å². The maximum absolute atomic E-state index is 11.3. The third kappa shape index (κ3) is 3.77. The molecule has 0 aromatic carbocycles. The van der Waals surface area contributed by atoms with Gasteiger partial charge in [-0.15, -0.1) is 11.3 Å². The maximum atomic E-state index is 11.3. The van der Waals surface area contributed by atoms with Gasteiger partial charge < -0.3 is 10.5 Å². The van der Waals surface area contributed by atoms with E-state index in [2.05, 4.69) is 9.72 Å². The zero-order valence-corrected chi connectivity index (χ0v) is 11.3. The maximum Gasteiger partial charge on any atom is 0.325 e. The Balaban J connectivity index is 2.38. The normalized spacial score (nSPS) is 14.5. The molecule has 1 aromatic rings. The number of nitrogens with two attached hydrogens (primary N) is 1. The van der Waals surface area contributed by atoms with Crippen LogP contribution < -0.4 is 5.73 Å². The third-order valence-electron chi connectivity index (χ3n) is 2.10. The number of carbonyl (C=O) groups is 1. The molecule has 1 rings (SSSR count). The highest BCUT2D eigenvalue weighted by Crippen LogP contribution is 2.24. The zero-order chi connectivity index (χ0) is 12.2. The van der Waals surface area contributed by atoms with Gasteiger partial charge in [-0.2, -0.15) is 0 Å². The average Bonchev–Trinajstić information content (AvgIpc) is 2.62. The number of ether oxygens (including phenoxy) is 1. The SMILES string of the molecule is COC(=O)C(C)(N)CCSc1nc(C)cs1. The first-order valence-electron chi connectivity index (χ1n) is 4.88. The molecule has 1 heterocycles. The second-order valence-corrected chi connectivity index (χ2v) is 5.96. The van der Waals surface area contributed by atoms with Gasteiger partial charge in [-0.3, -0.25) is 4.79 Å². The fraction of sp³-hybridized carbons (Fsp3) is 0.600. The third-order valence-corrected chi connectivity index (χ3v) is 4.24. The van der Waals surface area contributed by atoms with Gasteiger partial charge in [0.05, 0.1) is 7.11 Å². The standard InChI is InChI=1S/C10H16N2O2S2/c1-7-6-16-9(12-7)15-5-4-10(2,11)8(13)14-3/h6H,4-5,11H2,1-3H3. The first-order chi connectivity index (χ1) is 7.45. The molecule has 0 amide bonds. The van der Waals surface area contributed by atoms with Crippen LogP contribution >= 0.6 is 23.1 Å². The number of carbonyl (C=O) groups excluding carboxylic acids is 1. The van der Waals surface area contributed by atoms with Crippen LogP contribution in [0.2, 0.25) is 0 Å². The lowest BCUT2D eigenvalue weighted by Gasteiger charge is -2.20. The second kappa shape index (κ2) is 5.65. The van der Waals surface area contributed by atoms with Crippen LogP contribution in [0.5, 0.6) is 0 Å². The van der Waals surface area contributed by atoms with Gasteiger partial charge in [0.25, 0.3) is 0 Å². The summed E-state index contributed by atoms with van der Waals surface area (Å²) in [6.45, 7) is 3.65. The molecule has 6 heteroatoms. The van der Waals surface area contributed by atoms with Crippen LogP contribution in [0, 0.1) is 6.92 Å². The molecule has 4 nitrogen and oxygen atoms in total. The number of aryl methyl sites for hydroxylation is 1. The molecule has 1 aromatic heterocycles. The van der Waals surface area contributed by atoms with E-state index in [4.69, 9.17) is 5.73 Å². The first-order valence-corrected chi connectivity index (χ1v) is 6.74. The van der Waals surface area contributed by atoms with E-state index in [-0.39, 0.29) is 5.97 Å². The molecule has 1 atom stereocenters. The van der Waals surface area contributed by atoms with Crippen molar-refractivity contribution < 1.29 is 9.53 Å². The van der Waals surface area contributed by atoms with Crippen molar-refractivity contribution in [3.63, 3.8) is 0 Å². The van der Waals surface area contributed by atoms with Crippen molar-refractivity contribution in [1.29, 1.82) is 0 Å². The van der Waals surface area contributed by atoms with Crippen LogP contribution in [0.15, 0.2) is 9.72 Å². The molecule has 90 valence electrons. The van der Waals surface area contributed by atoms with E-state index in [1.807, 2.05) is 12.3 Å². The highest BCUT2D eigenvalue weighted by Gasteiger charge is 2.28. The Bertz CT molecular complexity index is 363. The lowest BCUT2D eigenvalue weighted by Crippen LogP contribution is -2.46. The highest BCUT2D eigenvalue weighted by atomic mass is 32.2. The Hall–Kier alpha value is -0.590. The van der Waals surface area contributed by atoms with Crippen molar-refractivity contribution in [2.24, 2.45) is 5.73 Å². The van der Waals surface area contributed by atoms with Gasteiger partial charge in [-0.05, 0) is 20.3 Å². The number of aromatic nitrogens is 1. The van der Waals surface area contributed by atoms with Gasteiger partial charge in [0.15, 0.2) is 0 Å². The van der Waals surface area contributed by atoms with E-state index in [0.717, 1.165) is 15.8 Å². The number of thiazole rings is 1. The molecule has 1 unspecified atom stereocenters. The summed E-state index contributed by atoms with van der Waals surface area (Å²) < 4.78 is 5.65. The van der Waals surface area contributed by atoms with Crippen LogP contribution in [-0.4, -0.2) is 29.4 Å². The summed E-state index contributed by atoms with van der Waals surface area (Å²) in [7, 11) is 1.35. The number of esters is 1. The number of nitrogens with zero attached hydrogens (tertiary/aromatic N) is 1. The minimum Gasteiger partial charge on any atom is -0.468 e. The predicted molar refractivity (Wildman–Crippen MR) is 66.8 cm³/mol. The minimum absolute atomic E-state index is 0.372. The van der Waals surface area contributed by atoms with Crippen molar-refractivity contribution in [1.82, 2.24) is 4.98 Å². The molecular weight excluding hydrogens is 244 g/mol. The number of hydrogen-bond donors (Lipinski definition) is 1. The van der Waals surface area contributed by atoms with E-state index in [9.17, 15) is 4.79 Å². The van der Waals surface area contributed by atoms with Gasteiger partial charge in [0.2, 0.25) is 0 Å². The van der Waals surface area contributed by atoms with Gasteiger partial charge >= 0.3 is 5.97 Å². The van der Waals surface area contributed by atoms with E-state index >= 15 is 0 Å². The predicted octanol–water partition coefficient (Wildman–Crippen LogP) is 1.82. The van der Waals surface area contributed by atoms with E-state index in [0.29, 0.717) is 6.42 Å². The van der Waals surface area contributed by atoms with Crippen LogP contribution in [0.4, 0.5) is 0 Å². The van der Waals surface area contributed by atoms with Gasteiger partial charge in [-0.25, -0.2) is 4.98 Å². The molecular formula is C10H16N2O2S2. The monoisotopic (exact) mass is 260 g/mol. The molecule has 0 aliphatic carbocycles. The van der Waals surface area contributed by atoms with E-state index < -0.39 is 5.54 Å². The van der Waals surface area contributed by atoms with Gasteiger partial charge in [-0.1, -0.05) is 11.8 Å². The van der Waals surface area contributed by atoms with Crippen LogP contribution in [0.25, 0.3) is 0 Å². The van der Waals surface area contributed by atoms with Crippen molar-refractivity contribution in [2.75, 3.05) is 12.9 Å². The number of thioether (sulfide) groups is 1. The summed E-state index contributed by atoms with van der Waals surface area (Å²) in [5.41, 5.74) is 5.95. The number of methoxy groups -OCH3 is 1. The Kier molecular flexibility index (Phi) is 4.76. The quantitative estimate of drug-likeness (QED) is 0.646. The lowest BCUT2D eigenvalue weighted by atomic mass is 10.0. The molecule has 0 fully saturated rings.